The topological polar surface area (TPSA) is 29.5 Å². The molecule has 0 unspecified atom stereocenters. The maximum absolute atomic E-state index is 11.4. The average molecular weight is 315 g/mol. The summed E-state index contributed by atoms with van der Waals surface area (Å²) in [6.07, 6.45) is 0. The monoisotopic (exact) mass is 315 g/mol. The number of carbonyl (C=O) groups excluding carboxylic acids is 1. The third-order valence-corrected chi connectivity index (χ3v) is 2.19. The maximum atomic E-state index is 11.4. The Morgan fingerprint density at radius 3 is 2.47 bits per heavy atom. The third-order valence-electron chi connectivity index (χ3n) is 1.92. The number of nitrogens with zero attached hydrogens (tertiary/aromatic N) is 1. The summed E-state index contributed by atoms with van der Waals surface area (Å²) < 4.78 is 7.57. The summed E-state index contributed by atoms with van der Waals surface area (Å²) in [5.41, 5.74) is 0.792. The molecule has 0 saturated carbocycles. The molecule has 1 aromatic rings. The van der Waals surface area contributed by atoms with E-state index in [1.165, 1.54) is 4.90 Å². The highest BCUT2D eigenvalue weighted by Gasteiger charge is 2.07. The van der Waals surface area contributed by atoms with Crippen molar-refractivity contribution in [1.29, 1.82) is 0 Å². The summed E-state index contributed by atoms with van der Waals surface area (Å²) in [6, 6.07) is 7.23. The largest absolute Gasteiger partial charge is 0.497 e. The minimum Gasteiger partial charge on any atom is -0.497 e. The van der Waals surface area contributed by atoms with Crippen molar-refractivity contribution in [2.24, 2.45) is 0 Å². The van der Waals surface area contributed by atoms with E-state index in [1.807, 2.05) is 34.7 Å². The van der Waals surface area contributed by atoms with Gasteiger partial charge >= 0.3 is 5.91 Å². The van der Waals surface area contributed by atoms with E-state index in [9.17, 15) is 4.79 Å². The van der Waals surface area contributed by atoms with Gasteiger partial charge in [0.15, 0.2) is 0 Å². The summed E-state index contributed by atoms with van der Waals surface area (Å²) in [5.74, 6) is 3.00. The molecule has 0 atom stereocenters. The fourth-order valence-electron chi connectivity index (χ4n) is 1.05. The second kappa shape index (κ2) is 5.61. The van der Waals surface area contributed by atoms with Crippen molar-refractivity contribution in [3.8, 4) is 15.6 Å². The summed E-state index contributed by atoms with van der Waals surface area (Å²) in [6.45, 7) is 0. The number of rotatable bonds is 2. The standard InChI is InChI=1S/C11H10INO2/c1-13(11(14)7-8-12)9-3-5-10(15-2)6-4-9/h3-6H,1-2H3. The van der Waals surface area contributed by atoms with Crippen LogP contribution in [0.5, 0.6) is 5.75 Å². The van der Waals surface area contributed by atoms with Gasteiger partial charge in [0.2, 0.25) is 0 Å². The highest BCUT2D eigenvalue weighted by molar-refractivity contribution is 14.1. The lowest BCUT2D eigenvalue weighted by Crippen LogP contribution is -2.24. The van der Waals surface area contributed by atoms with Gasteiger partial charge in [-0.05, 0) is 28.2 Å². The fourth-order valence-corrected chi connectivity index (χ4v) is 1.28. The maximum Gasteiger partial charge on any atom is 0.303 e. The molecule has 0 aliphatic heterocycles. The number of anilines is 1. The highest BCUT2D eigenvalue weighted by atomic mass is 127. The van der Waals surface area contributed by atoms with Crippen LogP contribution in [0.25, 0.3) is 0 Å². The summed E-state index contributed by atoms with van der Waals surface area (Å²) in [7, 11) is 3.29. The van der Waals surface area contributed by atoms with Crippen molar-refractivity contribution in [2.75, 3.05) is 19.1 Å². The van der Waals surface area contributed by atoms with E-state index in [2.05, 4.69) is 9.85 Å². The van der Waals surface area contributed by atoms with E-state index >= 15 is 0 Å². The SMILES string of the molecule is COc1ccc(N(C)C(=O)C#CI)cc1. The predicted octanol–water partition coefficient (Wildman–Crippen LogP) is 2.05. The van der Waals surface area contributed by atoms with Crippen molar-refractivity contribution in [1.82, 2.24) is 0 Å². The molecule has 4 heteroatoms. The molecule has 0 aliphatic rings. The minimum absolute atomic E-state index is 0.227. The van der Waals surface area contributed by atoms with Crippen molar-refractivity contribution < 1.29 is 9.53 Å². The lowest BCUT2D eigenvalue weighted by Gasteiger charge is -2.13. The molecule has 0 saturated heterocycles. The second-order valence-electron chi connectivity index (χ2n) is 2.78. The Labute approximate surface area is 103 Å². The highest BCUT2D eigenvalue weighted by Crippen LogP contribution is 2.17. The van der Waals surface area contributed by atoms with E-state index in [0.29, 0.717) is 0 Å². The van der Waals surface area contributed by atoms with Crippen molar-refractivity contribution >= 4 is 34.2 Å². The smallest absolute Gasteiger partial charge is 0.303 e. The molecule has 1 aromatic carbocycles. The van der Waals surface area contributed by atoms with E-state index in [4.69, 9.17) is 4.74 Å². The molecule has 15 heavy (non-hydrogen) atoms. The lowest BCUT2D eigenvalue weighted by atomic mass is 10.3. The zero-order valence-electron chi connectivity index (χ0n) is 8.45. The van der Waals surface area contributed by atoms with Gasteiger partial charge in [0.05, 0.1) is 7.11 Å². The van der Waals surface area contributed by atoms with Crippen molar-refractivity contribution in [3.05, 3.63) is 24.3 Å². The molecule has 1 amide bonds. The third kappa shape index (κ3) is 3.13. The molecule has 0 heterocycles. The van der Waals surface area contributed by atoms with E-state index in [0.717, 1.165) is 11.4 Å². The summed E-state index contributed by atoms with van der Waals surface area (Å²) in [5, 5.41) is 0. The normalized spacial score (nSPS) is 8.73. The van der Waals surface area contributed by atoms with Gasteiger partial charge < -0.3 is 9.64 Å². The lowest BCUT2D eigenvalue weighted by molar-refractivity contribution is -0.113. The molecule has 78 valence electrons. The molecule has 0 radical (unpaired) electrons. The Morgan fingerprint density at radius 1 is 1.40 bits per heavy atom. The van der Waals surface area contributed by atoms with Gasteiger partial charge in [-0.1, -0.05) is 0 Å². The van der Waals surface area contributed by atoms with E-state index in [1.54, 1.807) is 26.3 Å². The average Bonchev–Trinajstić information content (AvgIpc) is 2.28. The number of hydrogen-bond donors (Lipinski definition) is 0. The van der Waals surface area contributed by atoms with Crippen LogP contribution in [0.2, 0.25) is 0 Å². The van der Waals surface area contributed by atoms with Crippen LogP contribution < -0.4 is 9.64 Å². The first-order valence-corrected chi connectivity index (χ1v) is 5.30. The summed E-state index contributed by atoms with van der Waals surface area (Å²) in [4.78, 5) is 12.9. The molecule has 0 aromatic heterocycles. The Morgan fingerprint density at radius 2 is 2.00 bits per heavy atom. The molecular weight excluding hydrogens is 305 g/mol. The van der Waals surface area contributed by atoms with Crippen molar-refractivity contribution in [2.45, 2.75) is 0 Å². The molecule has 0 aliphatic carbocycles. The summed E-state index contributed by atoms with van der Waals surface area (Å²) >= 11 is 1.84. The first kappa shape index (κ1) is 11.9. The van der Waals surface area contributed by atoms with Gasteiger partial charge in [-0.3, -0.25) is 4.79 Å². The number of benzene rings is 1. The van der Waals surface area contributed by atoms with Crippen LogP contribution in [-0.4, -0.2) is 20.1 Å². The van der Waals surface area contributed by atoms with Gasteiger partial charge in [-0.25, -0.2) is 0 Å². The van der Waals surface area contributed by atoms with Crippen LogP contribution in [0.3, 0.4) is 0 Å². The zero-order chi connectivity index (χ0) is 11.3. The van der Waals surface area contributed by atoms with Gasteiger partial charge in [-0.15, -0.1) is 0 Å². The second-order valence-corrected chi connectivity index (χ2v) is 3.32. The van der Waals surface area contributed by atoms with Crippen LogP contribution in [0, 0.1) is 9.85 Å². The fraction of sp³-hybridized carbons (Fsp3) is 0.182. The van der Waals surface area contributed by atoms with Gasteiger partial charge in [-0.2, -0.15) is 0 Å². The molecule has 3 nitrogen and oxygen atoms in total. The molecule has 1 rings (SSSR count). The van der Waals surface area contributed by atoms with Gasteiger partial charge in [0, 0.05) is 41.2 Å². The molecule has 0 fully saturated rings. The van der Waals surface area contributed by atoms with Gasteiger partial charge in [0.1, 0.15) is 5.75 Å². The number of halogens is 1. The van der Waals surface area contributed by atoms with Crippen molar-refractivity contribution in [3.63, 3.8) is 0 Å². The number of hydrogen-bond acceptors (Lipinski definition) is 2. The van der Waals surface area contributed by atoms with E-state index in [-0.39, 0.29) is 5.91 Å². The van der Waals surface area contributed by atoms with Gasteiger partial charge in [0.25, 0.3) is 0 Å². The molecular formula is C11H10INO2. The number of amides is 1. The Balaban J connectivity index is 2.85. The quantitative estimate of drug-likeness (QED) is 0.617. The first-order valence-electron chi connectivity index (χ1n) is 4.22. The predicted molar refractivity (Wildman–Crippen MR) is 68.2 cm³/mol. The Bertz CT molecular complexity index is 403. The molecule has 0 N–H and O–H groups in total. The Hall–Kier alpha value is -1.22. The van der Waals surface area contributed by atoms with Crippen LogP contribution in [-0.2, 0) is 4.79 Å². The number of carbonyl (C=O) groups is 1. The minimum atomic E-state index is -0.227. The van der Waals surface area contributed by atoms with Crippen LogP contribution in [0.4, 0.5) is 5.69 Å². The Kier molecular flexibility index (Phi) is 4.43. The van der Waals surface area contributed by atoms with Crippen LogP contribution in [0.15, 0.2) is 24.3 Å². The molecule has 0 spiro atoms. The first-order chi connectivity index (χ1) is 7.19. The van der Waals surface area contributed by atoms with Crippen LogP contribution >= 0.6 is 22.6 Å². The van der Waals surface area contributed by atoms with Crippen LogP contribution in [0.1, 0.15) is 0 Å². The number of ether oxygens (including phenoxy) is 1. The van der Waals surface area contributed by atoms with E-state index < -0.39 is 0 Å². The zero-order valence-corrected chi connectivity index (χ0v) is 10.6. The number of methoxy groups -OCH3 is 1. The molecule has 0 bridgehead atoms.